The Kier molecular flexibility index (Phi) is 0.718. The summed E-state index contributed by atoms with van der Waals surface area (Å²) in [7, 11) is 0. The van der Waals surface area contributed by atoms with Gasteiger partial charge in [-0.1, -0.05) is 0 Å². The fourth-order valence-electron chi connectivity index (χ4n) is 0.147. The van der Waals surface area contributed by atoms with Gasteiger partial charge in [-0.05, 0) is 17.0 Å². The van der Waals surface area contributed by atoms with Crippen LogP contribution in [0.25, 0.3) is 0 Å². The molecule has 1 rings (SSSR count). The highest BCUT2D eigenvalue weighted by atomic mass is 32.2. The molecular weight excluding hydrogens is 82.1 g/mol. The molecule has 0 amide bonds. The smallest absolute Gasteiger partial charge is 0.123 e. The molecule has 25 valence electrons. The molecule has 0 aliphatic carbocycles. The van der Waals surface area contributed by atoms with Gasteiger partial charge in [0.15, 0.2) is 0 Å². The van der Waals surface area contributed by atoms with E-state index in [1.165, 1.54) is 11.8 Å². The lowest BCUT2D eigenvalue weighted by atomic mass is 11.1. The number of hydrogen-bond acceptors (Lipinski definition) is 2. The standard InChI is InChI=1S/C3H2NS/c1-2-5-3-4-1/h3-4H. The molecule has 1 radical (unpaired) electrons. The van der Waals surface area contributed by atoms with Crippen LogP contribution in [0.2, 0.25) is 0 Å². The van der Waals surface area contributed by atoms with E-state index in [1.807, 2.05) is 0 Å². The topological polar surface area (TPSA) is 12.0 Å². The maximum Gasteiger partial charge on any atom is 0.123 e. The van der Waals surface area contributed by atoms with Gasteiger partial charge in [0.25, 0.3) is 0 Å². The van der Waals surface area contributed by atoms with Crippen molar-refractivity contribution in [1.29, 1.82) is 0 Å². The quantitative estimate of drug-likeness (QED) is 0.425. The molecule has 0 fully saturated rings. The Hall–Kier alpha value is -0.290. The predicted molar refractivity (Wildman–Crippen MR) is 22.8 cm³/mol. The summed E-state index contributed by atoms with van der Waals surface area (Å²) in [6.07, 6.45) is 0. The highest BCUT2D eigenvalue weighted by Gasteiger charge is 1.82. The molecule has 0 bridgehead atoms. The molecule has 5 heavy (non-hydrogen) atoms. The Morgan fingerprint density at radius 3 is 3.00 bits per heavy atom. The SMILES string of the molecule is C1#CS[CH]N1. The molecule has 0 saturated carbocycles. The fourth-order valence-corrected chi connectivity index (χ4v) is 0.442. The third kappa shape index (κ3) is 0.489. The fraction of sp³-hybridized carbons (Fsp3) is 0. The predicted octanol–water partition coefficient (Wildman–Crippen LogP) is 0.360. The maximum absolute atomic E-state index is 2.72. The van der Waals surface area contributed by atoms with Gasteiger partial charge in [-0.25, -0.2) is 0 Å². The summed E-state index contributed by atoms with van der Waals surface area (Å²) >= 11 is 1.48. The minimum absolute atomic E-state index is 1.48. The normalized spacial score (nSPS) is 16.0. The summed E-state index contributed by atoms with van der Waals surface area (Å²) < 4.78 is 0. The van der Waals surface area contributed by atoms with Gasteiger partial charge < -0.3 is 5.32 Å². The Bertz CT molecular complexity index is 70.6. The van der Waals surface area contributed by atoms with Crippen molar-refractivity contribution in [2.24, 2.45) is 0 Å². The summed E-state index contributed by atoms with van der Waals surface area (Å²) in [6, 6.07) is 2.63. The molecule has 0 atom stereocenters. The van der Waals surface area contributed by atoms with Crippen LogP contribution in [0.3, 0.4) is 0 Å². The monoisotopic (exact) mass is 84.0 g/mol. The average Bonchev–Trinajstić information content (AvgIpc) is 1.76. The second-order valence-electron chi connectivity index (χ2n) is 0.607. The van der Waals surface area contributed by atoms with Crippen LogP contribution in [0.5, 0.6) is 0 Å². The van der Waals surface area contributed by atoms with Crippen molar-refractivity contribution >= 4 is 11.8 Å². The van der Waals surface area contributed by atoms with Gasteiger partial charge in [-0.2, -0.15) is 0 Å². The Morgan fingerprint density at radius 2 is 2.80 bits per heavy atom. The van der Waals surface area contributed by atoms with Crippen molar-refractivity contribution in [2.75, 3.05) is 0 Å². The largest absolute Gasteiger partial charge is 0.329 e. The van der Waals surface area contributed by atoms with E-state index in [1.54, 1.807) is 5.88 Å². The first-order valence-electron chi connectivity index (χ1n) is 1.23. The summed E-state index contributed by atoms with van der Waals surface area (Å²) in [5.41, 5.74) is 0. The molecule has 0 aromatic rings. The summed E-state index contributed by atoms with van der Waals surface area (Å²) in [4.78, 5) is 0. The van der Waals surface area contributed by atoms with Gasteiger partial charge in [0.1, 0.15) is 5.88 Å². The number of rotatable bonds is 0. The second kappa shape index (κ2) is 1.23. The number of hydrogen-bond donors (Lipinski definition) is 1. The third-order valence-electron chi connectivity index (χ3n) is 0.300. The van der Waals surface area contributed by atoms with E-state index in [0.717, 1.165) is 0 Å². The molecule has 0 aromatic heterocycles. The zero-order chi connectivity index (χ0) is 3.54. The Balaban J connectivity index is 2.42. The van der Waals surface area contributed by atoms with Crippen molar-refractivity contribution < 1.29 is 0 Å². The maximum atomic E-state index is 2.72. The zero-order valence-electron chi connectivity index (χ0n) is 2.49. The van der Waals surface area contributed by atoms with E-state index in [4.69, 9.17) is 0 Å². The van der Waals surface area contributed by atoms with E-state index in [-0.39, 0.29) is 0 Å². The second-order valence-corrected chi connectivity index (χ2v) is 1.28. The van der Waals surface area contributed by atoms with E-state index >= 15 is 0 Å². The van der Waals surface area contributed by atoms with Gasteiger partial charge in [-0.15, -0.1) is 0 Å². The first-order valence-corrected chi connectivity index (χ1v) is 2.11. The van der Waals surface area contributed by atoms with Gasteiger partial charge in [0.2, 0.25) is 0 Å². The average molecular weight is 84.1 g/mol. The van der Waals surface area contributed by atoms with Crippen molar-refractivity contribution in [2.45, 2.75) is 0 Å². The summed E-state index contributed by atoms with van der Waals surface area (Å²) in [5, 5.41) is 5.42. The van der Waals surface area contributed by atoms with Crippen LogP contribution >= 0.6 is 11.8 Å². The van der Waals surface area contributed by atoms with E-state index in [0.29, 0.717) is 0 Å². The molecule has 0 unspecified atom stereocenters. The van der Waals surface area contributed by atoms with E-state index in [2.05, 4.69) is 16.6 Å². The molecule has 1 aliphatic rings. The lowest BCUT2D eigenvalue weighted by Gasteiger charge is -1.73. The lowest BCUT2D eigenvalue weighted by Crippen LogP contribution is -1.88. The van der Waals surface area contributed by atoms with Crippen molar-refractivity contribution in [3.8, 4) is 11.3 Å². The molecular formula is C3H2NS. The van der Waals surface area contributed by atoms with Crippen molar-refractivity contribution in [1.82, 2.24) is 5.32 Å². The minimum atomic E-state index is 1.48. The molecule has 0 aromatic carbocycles. The molecule has 1 aliphatic heterocycles. The van der Waals surface area contributed by atoms with E-state index < -0.39 is 0 Å². The lowest BCUT2D eigenvalue weighted by molar-refractivity contribution is 1.24. The van der Waals surface area contributed by atoms with Crippen LogP contribution in [0.4, 0.5) is 0 Å². The molecule has 1 heterocycles. The molecule has 1 nitrogen and oxygen atoms in total. The highest BCUT2D eigenvalue weighted by molar-refractivity contribution is 8.05. The van der Waals surface area contributed by atoms with Crippen LogP contribution in [-0.4, -0.2) is 0 Å². The summed E-state index contributed by atoms with van der Waals surface area (Å²) in [5.74, 6) is 1.81. The minimum Gasteiger partial charge on any atom is -0.329 e. The Morgan fingerprint density at radius 1 is 1.80 bits per heavy atom. The molecule has 2 heteroatoms. The molecule has 0 saturated heterocycles. The summed E-state index contributed by atoms with van der Waals surface area (Å²) in [6.45, 7) is 0. The van der Waals surface area contributed by atoms with Crippen LogP contribution in [0.1, 0.15) is 0 Å². The van der Waals surface area contributed by atoms with Crippen LogP contribution in [0.15, 0.2) is 0 Å². The van der Waals surface area contributed by atoms with Crippen molar-refractivity contribution in [3.05, 3.63) is 5.88 Å². The highest BCUT2D eigenvalue weighted by Crippen LogP contribution is 2.00. The van der Waals surface area contributed by atoms with E-state index in [9.17, 15) is 0 Å². The van der Waals surface area contributed by atoms with Crippen LogP contribution < -0.4 is 5.32 Å². The first kappa shape index (κ1) is 2.92. The number of nitrogens with one attached hydrogen (secondary N) is 1. The van der Waals surface area contributed by atoms with Gasteiger partial charge in [0, 0.05) is 6.04 Å². The van der Waals surface area contributed by atoms with Crippen LogP contribution in [-0.2, 0) is 0 Å². The van der Waals surface area contributed by atoms with Crippen LogP contribution in [0, 0.1) is 17.2 Å². The van der Waals surface area contributed by atoms with Gasteiger partial charge in [-0.3, -0.25) is 0 Å². The Labute approximate surface area is 35.1 Å². The zero-order valence-corrected chi connectivity index (χ0v) is 3.30. The first-order chi connectivity index (χ1) is 2.50. The number of thioether (sulfide) groups is 1. The third-order valence-corrected chi connectivity index (χ3v) is 0.756. The van der Waals surface area contributed by atoms with Gasteiger partial charge >= 0.3 is 0 Å². The molecule has 0 spiro atoms. The van der Waals surface area contributed by atoms with Crippen molar-refractivity contribution in [3.63, 3.8) is 0 Å². The molecule has 1 N–H and O–H groups in total. The van der Waals surface area contributed by atoms with Gasteiger partial charge in [0.05, 0.1) is 0 Å².